The van der Waals surface area contributed by atoms with Crippen molar-refractivity contribution in [1.82, 2.24) is 0 Å². The van der Waals surface area contributed by atoms with Crippen LogP contribution in [0.15, 0.2) is 47.1 Å². The Morgan fingerprint density at radius 2 is 1.62 bits per heavy atom. The number of carboxylic acid groups (broad SMARTS) is 1. The number of aliphatic carboxylic acids is 1. The molecule has 0 saturated carbocycles. The fraction of sp³-hybridized carbons (Fsp3) is 0.800. The standard InChI is InChI=1S/C50H76O16/c1-11-26(2)44-29(5)17-18-49(66-44)23-35-20-34(65-49)16-15-28(4)43(27(3)13-12-14-33-24-59-47-42(53)30(6)19-36(48(54)62-35)50(33,47)55)63-40-22-38(57-10)46(32(8)61-40)64-41-21-37(56-9)45(31(7)60-41)58-25-39(51)52/h12-15,19,26-27,29,31-32,34-38,40-47,53,55H,11,16-18,20-25H2,1-10H3,(H,51,52)/b13-12+,28-15+,33-14+/t26?,27-,29-,31-,32-,34+,35-,36?,37-,38-,40-,41-,42+,43?,44+,45-,46?,47+,49+,50?/m0/s1. The van der Waals surface area contributed by atoms with Gasteiger partial charge in [-0.05, 0) is 69.1 Å². The lowest BCUT2D eigenvalue weighted by Gasteiger charge is -2.51. The molecule has 372 valence electrons. The molecule has 2 bridgehead atoms. The third-order valence-electron chi connectivity index (χ3n) is 15.3. The molecule has 16 heteroatoms. The number of ether oxygens (including phenoxy) is 11. The zero-order valence-electron chi connectivity index (χ0n) is 40.5. The summed E-state index contributed by atoms with van der Waals surface area (Å²) in [6, 6.07) is 0. The van der Waals surface area contributed by atoms with Crippen molar-refractivity contribution in [2.24, 2.45) is 23.7 Å². The second-order valence-corrected chi connectivity index (χ2v) is 20.0. The SMILES string of the molecule is CCC(C)[C@H]1O[C@]2(CC[C@@H]1C)C[C@@H]1C[C@@H](C/C=C(\C)C(O[C@H]3C[C@H](OC)C(O[C@H]4C[C@H](OC)[C@@H](OCC(=O)O)[C@H](C)O4)[C@H](C)O3)[C@@H](C)/C=C/C=C3\CO[C@@H]4[C@H](O)C(C)=CC(C(=O)O1)C34O)O2. The number of aliphatic hydroxyl groups excluding tert-OH is 1. The first-order valence-corrected chi connectivity index (χ1v) is 24.2. The number of methoxy groups -OCH3 is 2. The van der Waals surface area contributed by atoms with E-state index in [1.165, 1.54) is 0 Å². The average Bonchev–Trinajstić information content (AvgIpc) is 3.62. The van der Waals surface area contributed by atoms with Gasteiger partial charge in [-0.1, -0.05) is 64.5 Å². The van der Waals surface area contributed by atoms with E-state index in [1.54, 1.807) is 40.2 Å². The summed E-state index contributed by atoms with van der Waals surface area (Å²) in [5.74, 6) is -3.27. The summed E-state index contributed by atoms with van der Waals surface area (Å²) in [5.41, 5.74) is 0.122. The molecule has 0 aromatic heterocycles. The average molecular weight is 933 g/mol. The number of hydrogen-bond donors (Lipinski definition) is 3. The molecule has 6 heterocycles. The van der Waals surface area contributed by atoms with Gasteiger partial charge in [-0.25, -0.2) is 4.79 Å². The maximum atomic E-state index is 14.4. The summed E-state index contributed by atoms with van der Waals surface area (Å²) in [6.45, 7) is 15.7. The molecule has 16 nitrogen and oxygen atoms in total. The van der Waals surface area contributed by atoms with Crippen LogP contribution in [0.25, 0.3) is 0 Å². The van der Waals surface area contributed by atoms with Gasteiger partial charge in [-0.2, -0.15) is 0 Å². The molecule has 66 heavy (non-hydrogen) atoms. The van der Waals surface area contributed by atoms with Crippen molar-refractivity contribution in [2.45, 2.75) is 204 Å². The summed E-state index contributed by atoms with van der Waals surface area (Å²) >= 11 is 0. The monoisotopic (exact) mass is 933 g/mol. The van der Waals surface area contributed by atoms with E-state index in [-0.39, 0.29) is 24.7 Å². The lowest BCUT2D eigenvalue weighted by molar-refractivity contribution is -0.340. The van der Waals surface area contributed by atoms with Crippen LogP contribution in [-0.4, -0.2) is 152 Å². The van der Waals surface area contributed by atoms with Crippen molar-refractivity contribution < 1.29 is 77.0 Å². The second-order valence-electron chi connectivity index (χ2n) is 20.0. The van der Waals surface area contributed by atoms with E-state index in [9.17, 15) is 24.9 Å². The fourth-order valence-corrected chi connectivity index (χ4v) is 11.4. The van der Waals surface area contributed by atoms with E-state index < -0.39 is 109 Å². The Labute approximate surface area is 390 Å². The molecule has 1 spiro atoms. The number of carbonyl (C=O) groups is 2. The maximum absolute atomic E-state index is 14.4. The zero-order chi connectivity index (χ0) is 47.7. The van der Waals surface area contributed by atoms with Gasteiger partial charge >= 0.3 is 11.9 Å². The first-order valence-electron chi connectivity index (χ1n) is 24.2. The molecule has 20 atom stereocenters. The largest absolute Gasteiger partial charge is 0.480 e. The number of allylic oxidation sites excluding steroid dienone is 2. The van der Waals surface area contributed by atoms with Gasteiger partial charge < -0.3 is 67.4 Å². The molecule has 1 aliphatic carbocycles. The highest BCUT2D eigenvalue weighted by Crippen LogP contribution is 2.48. The van der Waals surface area contributed by atoms with E-state index in [2.05, 4.69) is 33.8 Å². The molecule has 0 aromatic rings. The number of aliphatic hydroxyl groups is 2. The molecule has 7 aliphatic rings. The molecule has 5 fully saturated rings. The molecule has 5 saturated heterocycles. The second kappa shape index (κ2) is 21.6. The third kappa shape index (κ3) is 10.9. The normalized spacial score (nSPS) is 47.1. The first kappa shape index (κ1) is 51.3. The Morgan fingerprint density at radius 1 is 0.939 bits per heavy atom. The summed E-state index contributed by atoms with van der Waals surface area (Å²) in [6.07, 6.45) is 6.00. The lowest BCUT2D eigenvalue weighted by Crippen LogP contribution is -2.58. The number of carboxylic acids is 1. The quantitative estimate of drug-likeness (QED) is 0.168. The van der Waals surface area contributed by atoms with Crippen LogP contribution in [0.2, 0.25) is 0 Å². The van der Waals surface area contributed by atoms with E-state index in [0.717, 1.165) is 18.4 Å². The van der Waals surface area contributed by atoms with Crippen molar-refractivity contribution in [3.63, 3.8) is 0 Å². The number of fused-ring (bicyclic) bond motifs is 2. The maximum Gasteiger partial charge on any atom is 0.329 e. The molecule has 6 aliphatic heterocycles. The topological polar surface area (TPSA) is 196 Å². The molecule has 0 amide bonds. The summed E-state index contributed by atoms with van der Waals surface area (Å²) in [7, 11) is 3.18. The van der Waals surface area contributed by atoms with E-state index in [1.807, 2.05) is 26.0 Å². The van der Waals surface area contributed by atoms with E-state index in [4.69, 9.17) is 52.1 Å². The van der Waals surface area contributed by atoms with Crippen LogP contribution < -0.4 is 0 Å². The first-order chi connectivity index (χ1) is 31.4. The highest BCUT2D eigenvalue weighted by molar-refractivity contribution is 5.78. The fourth-order valence-electron chi connectivity index (χ4n) is 11.4. The Hall–Kier alpha value is -2.58. The minimum absolute atomic E-state index is 0.0214. The third-order valence-corrected chi connectivity index (χ3v) is 15.3. The van der Waals surface area contributed by atoms with Gasteiger partial charge in [-0.15, -0.1) is 0 Å². The molecule has 0 radical (unpaired) electrons. The Bertz CT molecular complexity index is 1810. The van der Waals surface area contributed by atoms with E-state index >= 15 is 0 Å². The minimum atomic E-state index is -1.84. The Morgan fingerprint density at radius 3 is 2.30 bits per heavy atom. The van der Waals surface area contributed by atoms with Crippen LogP contribution in [-0.2, 0) is 61.7 Å². The summed E-state index contributed by atoms with van der Waals surface area (Å²) in [4.78, 5) is 25.6. The van der Waals surface area contributed by atoms with Crippen molar-refractivity contribution in [3.8, 4) is 0 Å². The van der Waals surface area contributed by atoms with Gasteiger partial charge in [0.15, 0.2) is 18.4 Å². The van der Waals surface area contributed by atoms with Gasteiger partial charge in [-0.3, -0.25) is 4.79 Å². The van der Waals surface area contributed by atoms with Crippen LogP contribution in [0.4, 0.5) is 0 Å². The smallest absolute Gasteiger partial charge is 0.329 e. The molecule has 0 aromatic carbocycles. The number of carbonyl (C=O) groups excluding carboxylic acids is 1. The Balaban J connectivity index is 1.15. The van der Waals surface area contributed by atoms with Crippen LogP contribution in [0, 0.1) is 23.7 Å². The zero-order valence-corrected chi connectivity index (χ0v) is 40.5. The van der Waals surface area contributed by atoms with Gasteiger partial charge in [0.05, 0.1) is 49.3 Å². The van der Waals surface area contributed by atoms with Crippen LogP contribution in [0.1, 0.15) is 107 Å². The predicted molar refractivity (Wildman–Crippen MR) is 239 cm³/mol. The van der Waals surface area contributed by atoms with E-state index in [0.29, 0.717) is 61.5 Å². The Kier molecular flexibility index (Phi) is 16.8. The van der Waals surface area contributed by atoms with Gasteiger partial charge in [0.25, 0.3) is 0 Å². The molecular weight excluding hydrogens is 857 g/mol. The number of hydrogen-bond acceptors (Lipinski definition) is 15. The van der Waals surface area contributed by atoms with Gasteiger partial charge in [0.1, 0.15) is 48.6 Å². The molecule has 5 unspecified atom stereocenters. The summed E-state index contributed by atoms with van der Waals surface area (Å²) < 4.78 is 70.0. The minimum Gasteiger partial charge on any atom is -0.480 e. The predicted octanol–water partition coefficient (Wildman–Crippen LogP) is 5.71. The molecule has 7 rings (SSSR count). The molecule has 3 N–H and O–H groups in total. The highest BCUT2D eigenvalue weighted by Gasteiger charge is 2.60. The van der Waals surface area contributed by atoms with Crippen molar-refractivity contribution >= 4 is 11.9 Å². The highest BCUT2D eigenvalue weighted by atomic mass is 16.7. The number of esters is 1. The van der Waals surface area contributed by atoms with Crippen LogP contribution in [0.3, 0.4) is 0 Å². The van der Waals surface area contributed by atoms with Crippen LogP contribution in [0.5, 0.6) is 0 Å². The van der Waals surface area contributed by atoms with Gasteiger partial charge in [0.2, 0.25) is 0 Å². The van der Waals surface area contributed by atoms with Crippen molar-refractivity contribution in [2.75, 3.05) is 27.4 Å². The van der Waals surface area contributed by atoms with Gasteiger partial charge in [0, 0.05) is 52.2 Å². The summed E-state index contributed by atoms with van der Waals surface area (Å²) in [5, 5.41) is 33.0. The van der Waals surface area contributed by atoms with Crippen LogP contribution >= 0.6 is 0 Å². The van der Waals surface area contributed by atoms with Crippen molar-refractivity contribution in [3.05, 3.63) is 47.1 Å². The molecular formula is C50H76O16. The lowest BCUT2D eigenvalue weighted by atomic mass is 9.71. The van der Waals surface area contributed by atoms with Crippen molar-refractivity contribution in [1.29, 1.82) is 0 Å². The number of rotatable bonds is 11.